The molecule has 2 aromatic heterocycles. The summed E-state index contributed by atoms with van der Waals surface area (Å²) in [5.74, 6) is 0.820. The second-order valence-corrected chi connectivity index (χ2v) is 6.73. The van der Waals surface area contributed by atoms with Crippen molar-refractivity contribution in [2.75, 3.05) is 5.32 Å². The fraction of sp³-hybridized carbons (Fsp3) is 0. The molecule has 0 saturated heterocycles. The van der Waals surface area contributed by atoms with Crippen LogP contribution in [-0.2, 0) is 4.79 Å². The minimum absolute atomic E-state index is 0.261. The largest absolute Gasteiger partial charge is 0.465 e. The number of anilines is 1. The standard InChI is InChI=1S/C18H12Br2N2O2/c19-13-5-3-12(4-6-13)16(10-15-2-1-9-24-15)18(23)22-17-8-7-14(20)11-21-17/h1-11H,(H,21,22,23). The van der Waals surface area contributed by atoms with E-state index in [-0.39, 0.29) is 5.91 Å². The Labute approximate surface area is 155 Å². The summed E-state index contributed by atoms with van der Waals surface area (Å²) in [6.07, 6.45) is 4.90. The number of halogens is 2. The number of furan rings is 1. The number of aromatic nitrogens is 1. The predicted octanol–water partition coefficient (Wildman–Crippen LogP) is 5.38. The molecule has 1 amide bonds. The van der Waals surface area contributed by atoms with Crippen molar-refractivity contribution >= 4 is 55.2 Å². The van der Waals surface area contributed by atoms with Crippen LogP contribution in [0.25, 0.3) is 11.6 Å². The maximum atomic E-state index is 12.7. The predicted molar refractivity (Wildman–Crippen MR) is 101 cm³/mol. The number of nitrogens with zero attached hydrogens (tertiary/aromatic N) is 1. The van der Waals surface area contributed by atoms with Crippen LogP contribution < -0.4 is 5.32 Å². The number of hydrogen-bond donors (Lipinski definition) is 1. The Morgan fingerprint density at radius 3 is 2.42 bits per heavy atom. The molecule has 1 N–H and O–H groups in total. The van der Waals surface area contributed by atoms with Gasteiger partial charge in [0.05, 0.1) is 11.8 Å². The molecular weight excluding hydrogens is 436 g/mol. The van der Waals surface area contributed by atoms with Crippen molar-refractivity contribution in [2.45, 2.75) is 0 Å². The lowest BCUT2D eigenvalue weighted by molar-refractivity contribution is -0.111. The maximum absolute atomic E-state index is 12.7. The van der Waals surface area contributed by atoms with E-state index in [0.717, 1.165) is 14.5 Å². The quantitative estimate of drug-likeness (QED) is 0.546. The number of nitrogens with one attached hydrogen (secondary N) is 1. The van der Waals surface area contributed by atoms with Crippen molar-refractivity contribution in [3.8, 4) is 0 Å². The van der Waals surface area contributed by atoms with Crippen molar-refractivity contribution < 1.29 is 9.21 Å². The molecule has 0 aliphatic carbocycles. The van der Waals surface area contributed by atoms with E-state index in [9.17, 15) is 4.79 Å². The number of carbonyl (C=O) groups excluding carboxylic acids is 1. The third-order valence-corrected chi connectivity index (χ3v) is 4.20. The minimum Gasteiger partial charge on any atom is -0.465 e. The molecule has 0 aliphatic heterocycles. The Bertz CT molecular complexity index is 855. The van der Waals surface area contributed by atoms with Crippen molar-refractivity contribution in [2.24, 2.45) is 0 Å². The van der Waals surface area contributed by atoms with Crippen LogP contribution in [-0.4, -0.2) is 10.9 Å². The summed E-state index contributed by atoms with van der Waals surface area (Å²) in [5, 5.41) is 2.80. The zero-order chi connectivity index (χ0) is 16.9. The van der Waals surface area contributed by atoms with E-state index in [2.05, 4.69) is 42.2 Å². The lowest BCUT2D eigenvalue weighted by Crippen LogP contribution is -2.14. The molecule has 0 unspecified atom stereocenters. The fourth-order valence-electron chi connectivity index (χ4n) is 2.06. The third-order valence-electron chi connectivity index (χ3n) is 3.20. The number of hydrogen-bond acceptors (Lipinski definition) is 3. The monoisotopic (exact) mass is 446 g/mol. The minimum atomic E-state index is -0.261. The van der Waals surface area contributed by atoms with Crippen molar-refractivity contribution in [3.05, 3.63) is 81.3 Å². The van der Waals surface area contributed by atoms with Gasteiger partial charge >= 0.3 is 0 Å². The smallest absolute Gasteiger partial charge is 0.257 e. The van der Waals surface area contributed by atoms with Gasteiger partial charge in [0.2, 0.25) is 0 Å². The number of pyridine rings is 1. The first kappa shape index (κ1) is 16.7. The topological polar surface area (TPSA) is 55.1 Å². The number of rotatable bonds is 4. The van der Waals surface area contributed by atoms with Crippen LogP contribution in [0.15, 0.2) is 74.4 Å². The van der Waals surface area contributed by atoms with E-state index < -0.39 is 0 Å². The second kappa shape index (κ2) is 7.59. The normalized spacial score (nSPS) is 11.3. The lowest BCUT2D eigenvalue weighted by Gasteiger charge is -2.09. The van der Waals surface area contributed by atoms with Gasteiger partial charge in [0.15, 0.2) is 0 Å². The SMILES string of the molecule is O=C(Nc1ccc(Br)cn1)C(=Cc1ccco1)c1ccc(Br)cc1. The average molecular weight is 448 g/mol. The summed E-state index contributed by atoms with van der Waals surface area (Å²) >= 11 is 6.72. The average Bonchev–Trinajstić information content (AvgIpc) is 3.09. The summed E-state index contributed by atoms with van der Waals surface area (Å²) in [5.41, 5.74) is 1.27. The molecule has 0 aliphatic rings. The van der Waals surface area contributed by atoms with Gasteiger partial charge in [0.25, 0.3) is 5.91 Å². The van der Waals surface area contributed by atoms with E-state index in [1.807, 2.05) is 30.3 Å². The number of carbonyl (C=O) groups is 1. The Kier molecular flexibility index (Phi) is 5.27. The highest BCUT2D eigenvalue weighted by Gasteiger charge is 2.14. The zero-order valence-corrected chi connectivity index (χ0v) is 15.5. The van der Waals surface area contributed by atoms with Gasteiger partial charge in [-0.3, -0.25) is 4.79 Å². The van der Waals surface area contributed by atoms with Crippen LogP contribution in [0.3, 0.4) is 0 Å². The highest BCUT2D eigenvalue weighted by Crippen LogP contribution is 2.23. The summed E-state index contributed by atoms with van der Waals surface area (Å²) in [4.78, 5) is 16.9. The Morgan fingerprint density at radius 2 is 1.79 bits per heavy atom. The third kappa shape index (κ3) is 4.21. The van der Waals surface area contributed by atoms with Gasteiger partial charge in [-0.25, -0.2) is 4.98 Å². The Balaban J connectivity index is 1.93. The molecule has 24 heavy (non-hydrogen) atoms. The zero-order valence-electron chi connectivity index (χ0n) is 12.4. The molecule has 0 spiro atoms. The summed E-state index contributed by atoms with van der Waals surface area (Å²) in [6, 6.07) is 14.6. The Hall–Kier alpha value is -2.18. The lowest BCUT2D eigenvalue weighted by atomic mass is 10.0. The molecule has 0 radical (unpaired) electrons. The Morgan fingerprint density at radius 1 is 1.04 bits per heavy atom. The van der Waals surface area contributed by atoms with E-state index in [4.69, 9.17) is 4.42 Å². The molecule has 0 saturated carbocycles. The van der Waals surface area contributed by atoms with Crippen molar-refractivity contribution in [1.82, 2.24) is 4.98 Å². The molecular formula is C18H12Br2N2O2. The van der Waals surface area contributed by atoms with Gasteiger partial charge in [-0.05, 0) is 64.0 Å². The van der Waals surface area contributed by atoms with Gasteiger partial charge < -0.3 is 9.73 Å². The molecule has 6 heteroatoms. The summed E-state index contributed by atoms with van der Waals surface area (Å²) < 4.78 is 7.13. The molecule has 0 atom stereocenters. The maximum Gasteiger partial charge on any atom is 0.257 e. The number of benzene rings is 1. The molecule has 3 rings (SSSR count). The molecule has 120 valence electrons. The first-order valence-corrected chi connectivity index (χ1v) is 8.64. The van der Waals surface area contributed by atoms with Crippen molar-refractivity contribution in [1.29, 1.82) is 0 Å². The van der Waals surface area contributed by atoms with E-state index in [1.165, 1.54) is 0 Å². The van der Waals surface area contributed by atoms with Gasteiger partial charge in [0.1, 0.15) is 11.6 Å². The number of amides is 1. The van der Waals surface area contributed by atoms with E-state index >= 15 is 0 Å². The molecule has 2 heterocycles. The summed E-state index contributed by atoms with van der Waals surface area (Å²) in [6.45, 7) is 0. The van der Waals surface area contributed by atoms with E-state index in [1.54, 1.807) is 36.7 Å². The fourth-order valence-corrected chi connectivity index (χ4v) is 2.56. The van der Waals surface area contributed by atoms with Gasteiger partial charge in [-0.1, -0.05) is 28.1 Å². The first-order valence-electron chi connectivity index (χ1n) is 7.06. The van der Waals surface area contributed by atoms with Crippen LogP contribution in [0.5, 0.6) is 0 Å². The highest BCUT2D eigenvalue weighted by molar-refractivity contribution is 9.10. The highest BCUT2D eigenvalue weighted by atomic mass is 79.9. The van der Waals surface area contributed by atoms with Crippen molar-refractivity contribution in [3.63, 3.8) is 0 Å². The van der Waals surface area contributed by atoms with Gasteiger partial charge in [-0.15, -0.1) is 0 Å². The van der Waals surface area contributed by atoms with E-state index in [0.29, 0.717) is 17.2 Å². The van der Waals surface area contributed by atoms with Crippen LogP contribution in [0.4, 0.5) is 5.82 Å². The van der Waals surface area contributed by atoms with Gasteiger partial charge in [-0.2, -0.15) is 0 Å². The molecule has 4 nitrogen and oxygen atoms in total. The molecule has 1 aromatic carbocycles. The van der Waals surface area contributed by atoms with Crippen LogP contribution >= 0.6 is 31.9 Å². The molecule has 0 fully saturated rings. The van der Waals surface area contributed by atoms with Crippen LogP contribution in [0.1, 0.15) is 11.3 Å². The van der Waals surface area contributed by atoms with Gasteiger partial charge in [0, 0.05) is 15.1 Å². The molecule has 3 aromatic rings. The van der Waals surface area contributed by atoms with Crippen LogP contribution in [0, 0.1) is 0 Å². The van der Waals surface area contributed by atoms with Crippen LogP contribution in [0.2, 0.25) is 0 Å². The summed E-state index contributed by atoms with van der Waals surface area (Å²) in [7, 11) is 0. The molecule has 0 bridgehead atoms. The first-order chi connectivity index (χ1) is 11.6. The second-order valence-electron chi connectivity index (χ2n) is 4.90.